The lowest BCUT2D eigenvalue weighted by atomic mass is 9.82. The van der Waals surface area contributed by atoms with E-state index in [1.54, 1.807) is 6.92 Å². The predicted octanol–water partition coefficient (Wildman–Crippen LogP) is 3.08. The average molecular weight is 287 g/mol. The van der Waals surface area contributed by atoms with Crippen LogP contribution in [0, 0.1) is 18.8 Å². The Bertz CT molecular complexity index is 560. The number of rotatable bonds is 4. The lowest BCUT2D eigenvalue weighted by molar-refractivity contribution is -0.152. The molecule has 2 unspecified atom stereocenters. The van der Waals surface area contributed by atoms with Gasteiger partial charge in [-0.05, 0) is 38.3 Å². The summed E-state index contributed by atoms with van der Waals surface area (Å²) < 4.78 is 4.98. The Labute approximate surface area is 125 Å². The Hall–Kier alpha value is -2.10. The van der Waals surface area contributed by atoms with Gasteiger partial charge in [-0.25, -0.2) is 0 Å². The predicted molar refractivity (Wildman–Crippen MR) is 81.8 cm³/mol. The molecule has 0 spiro atoms. The van der Waals surface area contributed by atoms with Gasteiger partial charge in [-0.3, -0.25) is 9.59 Å². The molecule has 0 radical (unpaired) electrons. The first kappa shape index (κ1) is 15.3. The zero-order chi connectivity index (χ0) is 15.4. The normalized spacial score (nSPS) is 21.7. The summed E-state index contributed by atoms with van der Waals surface area (Å²) in [4.78, 5) is 24.0. The molecule has 1 N–H and O–H groups in total. The lowest BCUT2D eigenvalue weighted by Gasteiger charge is -2.26. The van der Waals surface area contributed by atoms with E-state index in [0.717, 1.165) is 11.4 Å². The molecule has 4 nitrogen and oxygen atoms in total. The second-order valence-corrected chi connectivity index (χ2v) is 5.47. The van der Waals surface area contributed by atoms with E-state index in [1.165, 1.54) is 11.6 Å². The average Bonchev–Trinajstić information content (AvgIpc) is 2.41. The highest BCUT2D eigenvalue weighted by molar-refractivity contribution is 6.06. The Kier molecular flexibility index (Phi) is 4.78. The van der Waals surface area contributed by atoms with Crippen molar-refractivity contribution in [1.29, 1.82) is 0 Å². The van der Waals surface area contributed by atoms with Crippen LogP contribution in [-0.2, 0) is 14.3 Å². The summed E-state index contributed by atoms with van der Waals surface area (Å²) >= 11 is 0. The molecular formula is C17H21NO3. The van der Waals surface area contributed by atoms with Crippen LogP contribution in [0.15, 0.2) is 36.0 Å². The van der Waals surface area contributed by atoms with E-state index in [4.69, 9.17) is 4.74 Å². The van der Waals surface area contributed by atoms with E-state index in [-0.39, 0.29) is 11.7 Å². The second kappa shape index (κ2) is 6.57. The molecule has 0 saturated heterocycles. The molecule has 0 saturated carbocycles. The molecule has 0 aromatic heterocycles. The SMILES string of the molecule is CCOC(=O)C1C(=O)C=C(Nc2ccc(C)cc2)CC1C. The summed E-state index contributed by atoms with van der Waals surface area (Å²) in [5.74, 6) is -1.33. The number of ketones is 1. The molecule has 21 heavy (non-hydrogen) atoms. The van der Waals surface area contributed by atoms with Crippen LogP contribution in [-0.4, -0.2) is 18.4 Å². The largest absolute Gasteiger partial charge is 0.465 e. The maximum absolute atomic E-state index is 12.2. The van der Waals surface area contributed by atoms with Gasteiger partial charge in [0.25, 0.3) is 0 Å². The smallest absolute Gasteiger partial charge is 0.317 e. The molecule has 2 rings (SSSR count). The number of hydrogen-bond acceptors (Lipinski definition) is 4. The minimum absolute atomic E-state index is 0.0606. The maximum atomic E-state index is 12.2. The standard InChI is InChI=1S/C17H21NO3/c1-4-21-17(20)16-12(3)9-14(10-15(16)19)18-13-7-5-11(2)6-8-13/h5-8,10,12,16,18H,4,9H2,1-3H3. The minimum Gasteiger partial charge on any atom is -0.465 e. The van der Waals surface area contributed by atoms with E-state index in [1.807, 2.05) is 38.1 Å². The third kappa shape index (κ3) is 3.72. The van der Waals surface area contributed by atoms with Gasteiger partial charge in [0.05, 0.1) is 6.61 Å². The molecule has 1 aliphatic rings. The van der Waals surface area contributed by atoms with Crippen LogP contribution in [0.4, 0.5) is 5.69 Å². The van der Waals surface area contributed by atoms with Crippen molar-refractivity contribution in [1.82, 2.24) is 0 Å². The molecule has 4 heteroatoms. The van der Waals surface area contributed by atoms with E-state index in [0.29, 0.717) is 13.0 Å². The van der Waals surface area contributed by atoms with Crippen LogP contribution in [0.3, 0.4) is 0 Å². The van der Waals surface area contributed by atoms with Gasteiger partial charge in [-0.15, -0.1) is 0 Å². The Morgan fingerprint density at radius 1 is 1.33 bits per heavy atom. The number of hydrogen-bond donors (Lipinski definition) is 1. The summed E-state index contributed by atoms with van der Waals surface area (Å²) in [5, 5.41) is 3.25. The molecule has 2 atom stereocenters. The van der Waals surface area contributed by atoms with Crippen LogP contribution in [0.1, 0.15) is 25.8 Å². The lowest BCUT2D eigenvalue weighted by Crippen LogP contribution is -2.34. The first-order chi connectivity index (χ1) is 10.0. The fraction of sp³-hybridized carbons (Fsp3) is 0.412. The van der Waals surface area contributed by atoms with Crippen LogP contribution in [0.25, 0.3) is 0 Å². The van der Waals surface area contributed by atoms with Crippen LogP contribution in [0.2, 0.25) is 0 Å². The number of carbonyl (C=O) groups excluding carboxylic acids is 2. The quantitative estimate of drug-likeness (QED) is 0.683. The number of ether oxygens (including phenoxy) is 1. The van der Waals surface area contributed by atoms with Gasteiger partial charge < -0.3 is 10.1 Å². The minimum atomic E-state index is -0.673. The number of esters is 1. The van der Waals surface area contributed by atoms with Crippen molar-refractivity contribution in [2.45, 2.75) is 27.2 Å². The highest BCUT2D eigenvalue weighted by atomic mass is 16.5. The van der Waals surface area contributed by atoms with Crippen molar-refractivity contribution >= 4 is 17.4 Å². The summed E-state index contributed by atoms with van der Waals surface area (Å²) in [6, 6.07) is 7.97. The van der Waals surface area contributed by atoms with Gasteiger partial charge in [0.2, 0.25) is 0 Å². The van der Waals surface area contributed by atoms with Crippen molar-refractivity contribution in [3.63, 3.8) is 0 Å². The van der Waals surface area contributed by atoms with Crippen molar-refractivity contribution in [2.24, 2.45) is 11.8 Å². The molecule has 1 aromatic carbocycles. The molecular weight excluding hydrogens is 266 g/mol. The van der Waals surface area contributed by atoms with Gasteiger partial charge in [0.1, 0.15) is 5.92 Å². The summed E-state index contributed by atoms with van der Waals surface area (Å²) in [5.41, 5.74) is 2.98. The van der Waals surface area contributed by atoms with Gasteiger partial charge in [0, 0.05) is 17.5 Å². The number of carbonyl (C=O) groups is 2. The van der Waals surface area contributed by atoms with Crippen molar-refractivity contribution in [3.8, 4) is 0 Å². The number of benzene rings is 1. The summed E-state index contributed by atoms with van der Waals surface area (Å²) in [6.45, 7) is 5.98. The molecule has 0 heterocycles. The first-order valence-electron chi connectivity index (χ1n) is 7.26. The van der Waals surface area contributed by atoms with E-state index in [2.05, 4.69) is 5.32 Å². The number of nitrogens with one attached hydrogen (secondary N) is 1. The monoisotopic (exact) mass is 287 g/mol. The van der Waals surface area contributed by atoms with Crippen molar-refractivity contribution in [3.05, 3.63) is 41.6 Å². The summed E-state index contributed by atoms with van der Waals surface area (Å²) in [6.07, 6.45) is 2.19. The highest BCUT2D eigenvalue weighted by Gasteiger charge is 2.36. The topological polar surface area (TPSA) is 55.4 Å². The van der Waals surface area contributed by atoms with Gasteiger partial charge in [-0.1, -0.05) is 24.6 Å². The Balaban J connectivity index is 2.10. The van der Waals surface area contributed by atoms with E-state index >= 15 is 0 Å². The van der Waals surface area contributed by atoms with Crippen LogP contribution >= 0.6 is 0 Å². The third-order valence-corrected chi connectivity index (χ3v) is 3.63. The van der Waals surface area contributed by atoms with Crippen LogP contribution < -0.4 is 5.32 Å². The zero-order valence-electron chi connectivity index (χ0n) is 12.7. The third-order valence-electron chi connectivity index (χ3n) is 3.63. The Morgan fingerprint density at radius 3 is 2.57 bits per heavy atom. The van der Waals surface area contributed by atoms with Gasteiger partial charge in [-0.2, -0.15) is 0 Å². The van der Waals surface area contributed by atoms with Crippen LogP contribution in [0.5, 0.6) is 0 Å². The fourth-order valence-corrected chi connectivity index (χ4v) is 2.56. The van der Waals surface area contributed by atoms with Crippen molar-refractivity contribution < 1.29 is 14.3 Å². The second-order valence-electron chi connectivity index (χ2n) is 5.47. The molecule has 1 aromatic rings. The highest BCUT2D eigenvalue weighted by Crippen LogP contribution is 2.29. The maximum Gasteiger partial charge on any atom is 0.317 e. The molecule has 0 aliphatic heterocycles. The molecule has 0 bridgehead atoms. The number of allylic oxidation sites excluding steroid dienone is 2. The van der Waals surface area contributed by atoms with E-state index < -0.39 is 11.9 Å². The van der Waals surface area contributed by atoms with E-state index in [9.17, 15) is 9.59 Å². The zero-order valence-corrected chi connectivity index (χ0v) is 12.7. The number of anilines is 1. The van der Waals surface area contributed by atoms with Crippen molar-refractivity contribution in [2.75, 3.05) is 11.9 Å². The Morgan fingerprint density at radius 2 is 2.00 bits per heavy atom. The van der Waals surface area contributed by atoms with Gasteiger partial charge in [0.15, 0.2) is 5.78 Å². The van der Waals surface area contributed by atoms with Gasteiger partial charge >= 0.3 is 5.97 Å². The summed E-state index contributed by atoms with van der Waals surface area (Å²) in [7, 11) is 0. The molecule has 112 valence electrons. The molecule has 0 amide bonds. The number of aryl methyl sites for hydroxylation is 1. The first-order valence-corrected chi connectivity index (χ1v) is 7.26. The molecule has 1 aliphatic carbocycles. The fourth-order valence-electron chi connectivity index (χ4n) is 2.56. The molecule has 0 fully saturated rings.